The van der Waals surface area contributed by atoms with Crippen LogP contribution in [0.2, 0.25) is 0 Å². The number of aryl methyl sites for hydroxylation is 2. The van der Waals surface area contributed by atoms with Crippen molar-refractivity contribution in [3.05, 3.63) is 274 Å². The van der Waals surface area contributed by atoms with Crippen LogP contribution in [-0.4, -0.2) is 9.97 Å². The maximum Gasteiger partial charge on any atom is 3.00 e. The van der Waals surface area contributed by atoms with Crippen molar-refractivity contribution in [1.29, 1.82) is 0 Å². The zero-order chi connectivity index (χ0) is 71.6. The Kier molecular flexibility index (Phi) is 22.5. The first-order valence-corrected chi connectivity index (χ1v) is 35.8. The average molecular weight is 1870 g/mol. The average Bonchev–Trinajstić information content (AvgIpc) is 1.57. The third-order valence-corrected chi connectivity index (χ3v) is 28.6. The van der Waals surface area contributed by atoms with E-state index >= 15 is 0 Å². The van der Waals surface area contributed by atoms with Gasteiger partial charge in [0.25, 0.3) is 0 Å². The molecule has 8 aromatic carbocycles. The summed E-state index contributed by atoms with van der Waals surface area (Å²) in [7, 11) is 0. The van der Waals surface area contributed by atoms with Gasteiger partial charge in [0.05, 0.1) is 0 Å². The number of fused-ring (bicyclic) bond motifs is 4. The molecule has 532 valence electrons. The van der Waals surface area contributed by atoms with E-state index in [-0.39, 0.29) is 125 Å². The van der Waals surface area contributed by atoms with E-state index in [2.05, 4.69) is 350 Å². The normalized spacial score (nSPS) is 19.1. The van der Waals surface area contributed by atoms with Gasteiger partial charge in [-0.3, -0.25) is 0 Å². The molecule has 0 unspecified atom stereocenters. The van der Waals surface area contributed by atoms with Gasteiger partial charge in [-0.15, -0.1) is 104 Å². The van der Waals surface area contributed by atoms with Crippen molar-refractivity contribution >= 4 is 0 Å². The van der Waals surface area contributed by atoms with Crippen molar-refractivity contribution < 1.29 is 60.3 Å². The molecule has 2 heterocycles. The first kappa shape index (κ1) is 80.7. The van der Waals surface area contributed by atoms with Gasteiger partial charge in [0.15, 0.2) is 0 Å². The van der Waals surface area contributed by atoms with Crippen LogP contribution < -0.4 is 0 Å². The topological polar surface area (TPSA) is 25.8 Å². The summed E-state index contributed by atoms with van der Waals surface area (Å²) in [6.45, 7) is 61.4. The zero-order valence-corrected chi connectivity index (χ0v) is 72.4. The monoisotopic (exact) mass is 1870 g/mol. The van der Waals surface area contributed by atoms with Crippen molar-refractivity contribution in [1.82, 2.24) is 9.97 Å². The molecule has 0 atom stereocenters. The number of hydrogen-bond acceptors (Lipinski definition) is 2. The molecule has 10 aromatic rings. The van der Waals surface area contributed by atoms with Gasteiger partial charge in [-0.25, -0.2) is 22.3 Å². The fourth-order valence-corrected chi connectivity index (χ4v) is 16.9. The Morgan fingerprint density at radius 3 is 0.743 bits per heavy atom. The van der Waals surface area contributed by atoms with E-state index in [0.717, 1.165) is 44.8 Å². The molecule has 0 saturated carbocycles. The predicted octanol–water partition coefficient (Wildman–Crippen LogP) is 25.3. The van der Waals surface area contributed by atoms with Crippen molar-refractivity contribution in [2.45, 2.75) is 223 Å². The molecule has 0 fully saturated rings. The van der Waals surface area contributed by atoms with Crippen LogP contribution in [-0.2, 0) is 104 Å². The van der Waals surface area contributed by atoms with Crippen LogP contribution in [0, 0.1) is 71.9 Å². The number of rotatable bonds is 6. The Labute approximate surface area is 651 Å². The third kappa shape index (κ3) is 12.9. The summed E-state index contributed by atoms with van der Waals surface area (Å²) in [4.78, 5) is 9.60. The van der Waals surface area contributed by atoms with Crippen LogP contribution in [0.15, 0.2) is 182 Å². The molecule has 0 N–H and O–H groups in total. The maximum atomic E-state index is 4.80. The Balaban J connectivity index is 0.000000171. The maximum absolute atomic E-state index is 4.80. The molecule has 0 saturated heterocycles. The van der Waals surface area contributed by atoms with Gasteiger partial charge in [0.2, 0.25) is 0 Å². The molecular weight excluding hydrogens is 1760 g/mol. The molecule has 0 bridgehead atoms. The summed E-state index contributed by atoms with van der Waals surface area (Å²) in [5.41, 5.74) is 29.2. The molecule has 0 spiro atoms. The van der Waals surface area contributed by atoms with E-state index in [0.29, 0.717) is 0 Å². The van der Waals surface area contributed by atoms with Gasteiger partial charge >= 0.3 is 20.1 Å². The summed E-state index contributed by atoms with van der Waals surface area (Å²) in [5, 5.41) is 0. The second-order valence-corrected chi connectivity index (χ2v) is 35.2. The van der Waals surface area contributed by atoms with Crippen molar-refractivity contribution in [3.63, 3.8) is 0 Å². The summed E-state index contributed by atoms with van der Waals surface area (Å²) in [5.74, 6) is 0. The van der Waals surface area contributed by atoms with Gasteiger partial charge < -0.3 is 9.97 Å². The predicted molar refractivity (Wildman–Crippen MR) is 416 cm³/mol. The number of aromatic nitrogens is 2. The van der Waals surface area contributed by atoms with E-state index in [4.69, 9.17) is 9.97 Å². The van der Waals surface area contributed by atoms with E-state index in [1.165, 1.54) is 77.9 Å². The van der Waals surface area contributed by atoms with Crippen LogP contribution in [0.4, 0.5) is 0 Å². The van der Waals surface area contributed by atoms with E-state index < -0.39 is 0 Å². The smallest absolute Gasteiger partial charge is 0.304 e. The van der Waals surface area contributed by atoms with Crippen molar-refractivity contribution in [3.8, 4) is 67.0 Å². The number of benzene rings is 8. The van der Waals surface area contributed by atoms with Gasteiger partial charge in [-0.1, -0.05) is 239 Å². The molecule has 2 nitrogen and oxygen atoms in total. The summed E-state index contributed by atoms with van der Waals surface area (Å²) >= 11 is 0. The van der Waals surface area contributed by atoms with Gasteiger partial charge in [0, 0.05) is 63.7 Å². The molecule has 14 rings (SSSR count). The minimum Gasteiger partial charge on any atom is -0.304 e. The molecule has 0 amide bonds. The molecule has 4 aliphatic rings. The Hall–Kier alpha value is -5.99. The van der Waals surface area contributed by atoms with E-state index in [1.54, 1.807) is 0 Å². The van der Waals surface area contributed by atoms with Crippen LogP contribution >= 0.6 is 0 Å². The first-order chi connectivity index (χ1) is 45.5. The zero-order valence-electron chi connectivity index (χ0n) is 65.2. The van der Waals surface area contributed by atoms with Crippen LogP contribution in [0.25, 0.3) is 67.0 Å². The fraction of sp³-hybridized carbons (Fsp3) is 0.396. The summed E-state index contributed by atoms with van der Waals surface area (Å²) < 4.78 is 0. The van der Waals surface area contributed by atoms with Gasteiger partial charge in [-0.2, -0.15) is 84.9 Å². The second-order valence-electron chi connectivity index (χ2n) is 35.2. The number of nitrogens with zero attached hydrogens (tertiary/aromatic N) is 2. The van der Waals surface area contributed by atoms with E-state index in [1.807, 2.05) is 48.8 Å². The molecule has 0 aliphatic heterocycles. The second kappa shape index (κ2) is 28.1. The third-order valence-electron chi connectivity index (χ3n) is 28.6. The standard InChI is InChI=1S/2C27H30N.2C21H24.3Ir/c2*1-18-15-24(28-17-21(18)19-11-9-8-10-12-19)20-13-14-22-23(16-20)26(4,5)27(6,7)25(22,2)3;2*1-19(2)17-13-12-16(15-10-8-7-9-11-15)14-18(17)20(3,4)21(19,5)6;;;/h2*8-12,14-17H,1-7H3;2*7-10,13-14H,1-6H3;;;/q2*-1;2*-2;;;+3. The Morgan fingerprint density at radius 2 is 0.495 bits per heavy atom. The largest absolute Gasteiger partial charge is 3.00 e. The SMILES string of the molecule is CC1(C)c2c[c-]c(-c3[c-]cccc3)cc2C(C)(C)C1(C)C.CC1(C)c2c[c-]c(-c3[c-]cccc3)cc2C(C)(C)C1(C)C.Cc1cc(-c2[c-]cc3c(c2)C(C)(C)C(C)(C)C3(C)C)ncc1-c1ccccc1.Cc1cc(-c2[c-]cc3c(c2)C(C)(C)C(C)(C)C3(C)C)ncc1-c1ccccc1.[Ir+3].[Ir].[Ir]. The Morgan fingerprint density at radius 1 is 0.257 bits per heavy atom. The van der Waals surface area contributed by atoms with Crippen LogP contribution in [0.5, 0.6) is 0 Å². The quantitative estimate of drug-likeness (QED) is 0.155. The minimum absolute atomic E-state index is 0. The minimum atomic E-state index is 0. The summed E-state index contributed by atoms with van der Waals surface area (Å²) in [6.07, 6.45) is 4.00. The van der Waals surface area contributed by atoms with Gasteiger partial charge in [-0.05, 0) is 112 Å². The van der Waals surface area contributed by atoms with E-state index in [9.17, 15) is 0 Å². The summed E-state index contributed by atoms with van der Waals surface area (Å²) in [6, 6.07) is 80.4. The molecular formula is C96H108Ir3N2-3. The van der Waals surface area contributed by atoms with Crippen LogP contribution in [0.3, 0.4) is 0 Å². The molecule has 2 radical (unpaired) electrons. The van der Waals surface area contributed by atoms with Gasteiger partial charge in [0.1, 0.15) is 0 Å². The number of hydrogen-bond donors (Lipinski definition) is 0. The molecule has 4 aliphatic carbocycles. The number of pyridine rings is 2. The fourth-order valence-electron chi connectivity index (χ4n) is 16.9. The molecule has 2 aromatic heterocycles. The van der Waals surface area contributed by atoms with Crippen LogP contribution in [0.1, 0.15) is 222 Å². The molecule has 5 heteroatoms. The first-order valence-electron chi connectivity index (χ1n) is 35.8. The van der Waals surface area contributed by atoms with Crippen molar-refractivity contribution in [2.24, 2.45) is 21.7 Å². The van der Waals surface area contributed by atoms with Crippen molar-refractivity contribution in [2.75, 3.05) is 0 Å². The molecule has 101 heavy (non-hydrogen) atoms. The Bertz CT molecular complexity index is 4320.